The lowest BCUT2D eigenvalue weighted by molar-refractivity contribution is -0.132. The molecule has 4 heteroatoms. The quantitative estimate of drug-likeness (QED) is 0.626. The van der Waals surface area contributed by atoms with Gasteiger partial charge in [0.05, 0.1) is 11.2 Å². The van der Waals surface area contributed by atoms with Crippen molar-refractivity contribution in [1.82, 2.24) is 0 Å². The van der Waals surface area contributed by atoms with Gasteiger partial charge in [-0.05, 0) is 72.2 Å². The fourth-order valence-electron chi connectivity index (χ4n) is 6.78. The molecule has 4 aliphatic carbocycles. The Morgan fingerprint density at radius 3 is 2.54 bits per heavy atom. The van der Waals surface area contributed by atoms with Gasteiger partial charge in [-0.25, -0.2) is 4.39 Å². The number of rotatable bonds is 2. The molecule has 142 valence electrons. The molecular weight excluding hydrogens is 347 g/mol. The van der Waals surface area contributed by atoms with Gasteiger partial charge in [0.25, 0.3) is 0 Å². The minimum atomic E-state index is -0.203. The molecule has 0 radical (unpaired) electrons. The number of hydrogen-bond donors (Lipinski definition) is 0. The highest BCUT2D eigenvalue weighted by Crippen LogP contribution is 2.66. The van der Waals surface area contributed by atoms with Crippen LogP contribution in [0.3, 0.4) is 0 Å². The predicted molar refractivity (Wildman–Crippen MR) is 103 cm³/mol. The second-order valence-corrected chi connectivity index (χ2v) is 10.4. The Morgan fingerprint density at radius 1 is 1.12 bits per heavy atom. The van der Waals surface area contributed by atoms with E-state index in [9.17, 15) is 14.0 Å². The van der Waals surface area contributed by atoms with Crippen molar-refractivity contribution in [2.75, 3.05) is 5.75 Å². The van der Waals surface area contributed by atoms with Gasteiger partial charge in [0.1, 0.15) is 5.78 Å². The molecule has 3 fully saturated rings. The highest BCUT2D eigenvalue weighted by molar-refractivity contribution is 8.04. The number of halogens is 1. The van der Waals surface area contributed by atoms with Crippen molar-refractivity contribution in [2.45, 2.75) is 65.7 Å². The van der Waals surface area contributed by atoms with Crippen molar-refractivity contribution in [3.05, 3.63) is 22.4 Å². The van der Waals surface area contributed by atoms with E-state index in [0.29, 0.717) is 42.8 Å². The van der Waals surface area contributed by atoms with Gasteiger partial charge in [-0.15, -0.1) is 11.8 Å². The first kappa shape index (κ1) is 18.5. The molecular formula is C22H29FO2S. The molecule has 26 heavy (non-hydrogen) atoms. The largest absolute Gasteiger partial charge is 0.299 e. The normalized spacial score (nSPS) is 44.2. The van der Waals surface area contributed by atoms with E-state index in [2.05, 4.69) is 20.8 Å². The van der Waals surface area contributed by atoms with Gasteiger partial charge in [0.2, 0.25) is 0 Å². The molecule has 0 saturated heterocycles. The number of Topliss-reactive ketones (excluding diaryl/α,β-unsaturated/α-hetero) is 2. The number of allylic oxidation sites excluding steroid dienone is 2. The Bertz CT molecular complexity index is 724. The van der Waals surface area contributed by atoms with Crippen LogP contribution in [0.25, 0.3) is 0 Å². The first-order valence-electron chi connectivity index (χ1n) is 10.1. The zero-order valence-corrected chi connectivity index (χ0v) is 16.9. The summed E-state index contributed by atoms with van der Waals surface area (Å²) in [5, 5.41) is 0. The summed E-state index contributed by atoms with van der Waals surface area (Å²) in [6, 6.07) is 0. The van der Waals surface area contributed by atoms with E-state index >= 15 is 0 Å². The van der Waals surface area contributed by atoms with E-state index in [4.69, 9.17) is 0 Å². The third kappa shape index (κ3) is 2.36. The fourth-order valence-corrected chi connectivity index (χ4v) is 7.84. The average molecular weight is 377 g/mol. The second kappa shape index (κ2) is 6.32. The highest BCUT2D eigenvalue weighted by atomic mass is 32.2. The Balaban J connectivity index is 1.82. The van der Waals surface area contributed by atoms with Crippen LogP contribution in [-0.2, 0) is 9.59 Å². The van der Waals surface area contributed by atoms with E-state index in [1.165, 1.54) is 0 Å². The van der Waals surface area contributed by atoms with Crippen molar-refractivity contribution in [3.8, 4) is 0 Å². The van der Waals surface area contributed by atoms with Gasteiger partial charge in [-0.3, -0.25) is 9.59 Å². The molecule has 4 aliphatic rings. The maximum Gasteiger partial charge on any atom is 0.169 e. The van der Waals surface area contributed by atoms with Gasteiger partial charge >= 0.3 is 0 Å². The minimum Gasteiger partial charge on any atom is -0.299 e. The van der Waals surface area contributed by atoms with Crippen LogP contribution in [0.15, 0.2) is 22.4 Å². The first-order chi connectivity index (χ1) is 12.4. The Labute approximate surface area is 160 Å². The molecule has 4 rings (SSSR count). The Morgan fingerprint density at radius 2 is 1.85 bits per heavy atom. The van der Waals surface area contributed by atoms with E-state index in [1.807, 2.05) is 0 Å². The lowest BCUT2D eigenvalue weighted by atomic mass is 9.46. The zero-order chi connectivity index (χ0) is 18.7. The molecule has 3 saturated carbocycles. The summed E-state index contributed by atoms with van der Waals surface area (Å²) < 4.78 is 14.1. The van der Waals surface area contributed by atoms with Crippen molar-refractivity contribution >= 4 is 23.3 Å². The van der Waals surface area contributed by atoms with Crippen molar-refractivity contribution in [1.29, 1.82) is 0 Å². The van der Waals surface area contributed by atoms with Gasteiger partial charge in [-0.2, -0.15) is 0 Å². The molecule has 0 N–H and O–H groups in total. The standard InChI is InChI=1S/C22H29FO2S/c1-4-26-20-17(24)8-10-22(3)16-7-9-21(2)15(5-6-18(21)25)14(16)11-13(12-23)19(20)22/h12,14-16H,4-11H2,1-3H3/t14-,15-,16-,21-,22+/m0/s1. The molecule has 0 aromatic heterocycles. The lowest BCUT2D eigenvalue weighted by Gasteiger charge is -2.57. The van der Waals surface area contributed by atoms with Gasteiger partial charge in [-0.1, -0.05) is 20.8 Å². The van der Waals surface area contributed by atoms with Crippen molar-refractivity contribution in [2.24, 2.45) is 28.6 Å². The Hall–Kier alpha value is -0.900. The van der Waals surface area contributed by atoms with Crippen molar-refractivity contribution in [3.63, 3.8) is 0 Å². The maximum atomic E-state index is 14.1. The van der Waals surface area contributed by atoms with Crippen LogP contribution in [0.1, 0.15) is 65.7 Å². The summed E-state index contributed by atoms with van der Waals surface area (Å²) in [7, 11) is 0. The summed E-state index contributed by atoms with van der Waals surface area (Å²) in [4.78, 5) is 26.0. The molecule has 5 atom stereocenters. The maximum absolute atomic E-state index is 14.1. The minimum absolute atomic E-state index is 0.126. The smallest absolute Gasteiger partial charge is 0.169 e. The third-order valence-corrected chi connectivity index (χ3v) is 9.09. The molecule has 0 heterocycles. The molecule has 0 aliphatic heterocycles. The number of carbonyl (C=O) groups is 2. The van der Waals surface area contributed by atoms with Crippen LogP contribution in [0.4, 0.5) is 4.39 Å². The Kier molecular flexibility index (Phi) is 4.49. The summed E-state index contributed by atoms with van der Waals surface area (Å²) in [6.07, 6.45) is 6.49. The molecule has 0 bridgehead atoms. The monoisotopic (exact) mass is 376 g/mol. The summed E-state index contributed by atoms with van der Waals surface area (Å²) in [6.45, 7) is 6.47. The number of hydrogen-bond acceptors (Lipinski definition) is 3. The number of carbonyl (C=O) groups excluding carboxylic acids is 2. The van der Waals surface area contributed by atoms with Gasteiger partial charge < -0.3 is 0 Å². The zero-order valence-electron chi connectivity index (χ0n) is 16.1. The summed E-state index contributed by atoms with van der Waals surface area (Å²) in [5.74, 6) is 2.66. The van der Waals surface area contributed by atoms with Crippen LogP contribution >= 0.6 is 11.8 Å². The molecule has 0 spiro atoms. The second-order valence-electron chi connectivity index (χ2n) is 9.11. The number of ketones is 2. The first-order valence-corrected chi connectivity index (χ1v) is 11.1. The van der Waals surface area contributed by atoms with Gasteiger partial charge in [0, 0.05) is 18.3 Å². The predicted octanol–water partition coefficient (Wildman–Crippen LogP) is 5.63. The van der Waals surface area contributed by atoms with E-state index in [0.717, 1.165) is 53.8 Å². The molecule has 0 aromatic carbocycles. The summed E-state index contributed by atoms with van der Waals surface area (Å²) >= 11 is 1.59. The topological polar surface area (TPSA) is 34.1 Å². The molecule has 0 amide bonds. The van der Waals surface area contributed by atoms with Crippen LogP contribution in [0.2, 0.25) is 0 Å². The van der Waals surface area contributed by atoms with E-state index < -0.39 is 0 Å². The number of thioether (sulfide) groups is 1. The molecule has 2 nitrogen and oxygen atoms in total. The lowest BCUT2D eigenvalue weighted by Crippen LogP contribution is -2.51. The number of fused-ring (bicyclic) bond motifs is 5. The van der Waals surface area contributed by atoms with E-state index in [1.54, 1.807) is 11.8 Å². The van der Waals surface area contributed by atoms with Gasteiger partial charge in [0.15, 0.2) is 5.78 Å². The average Bonchev–Trinajstić information content (AvgIpc) is 2.92. The van der Waals surface area contributed by atoms with E-state index in [-0.39, 0.29) is 16.6 Å². The summed E-state index contributed by atoms with van der Waals surface area (Å²) in [5.41, 5.74) is 1.42. The van der Waals surface area contributed by atoms with Crippen LogP contribution in [0.5, 0.6) is 0 Å². The third-order valence-electron chi connectivity index (χ3n) is 8.08. The van der Waals surface area contributed by atoms with Crippen LogP contribution in [-0.4, -0.2) is 17.3 Å². The molecule has 0 aromatic rings. The van der Waals surface area contributed by atoms with Crippen LogP contribution in [0, 0.1) is 28.6 Å². The highest BCUT2D eigenvalue weighted by Gasteiger charge is 2.60. The van der Waals surface area contributed by atoms with Crippen molar-refractivity contribution < 1.29 is 14.0 Å². The SMILES string of the molecule is CCSC1=C2C(=CF)C[C@@H]3[C@H](CC[C@]4(C)C(=O)CC[C@@H]34)[C@@]2(C)CCC1=O. The fraction of sp³-hybridized carbons (Fsp3) is 0.727. The van der Waals surface area contributed by atoms with Crippen LogP contribution < -0.4 is 0 Å². The molecule has 0 unspecified atom stereocenters.